The highest BCUT2D eigenvalue weighted by Crippen LogP contribution is 2.56. The molecule has 5 saturated heterocycles. The Kier molecular flexibility index (Phi) is 24.9. The molecule has 3 aromatic carbocycles. The van der Waals surface area contributed by atoms with Gasteiger partial charge in [-0.25, -0.2) is 68.8 Å². The van der Waals surface area contributed by atoms with Crippen molar-refractivity contribution in [3.63, 3.8) is 0 Å². The number of sulfonamides is 3. The van der Waals surface area contributed by atoms with Crippen LogP contribution in [-0.4, -0.2) is 173 Å². The molecule has 3 saturated carbocycles. The van der Waals surface area contributed by atoms with E-state index in [1.807, 2.05) is 46.4 Å². The molecule has 3 aromatic heterocycles. The monoisotopic (exact) mass is 1660 g/mol. The number of hydrogen-bond acceptors (Lipinski definition) is 22. The second kappa shape index (κ2) is 32.9. The van der Waals surface area contributed by atoms with E-state index in [1.54, 1.807) is 135 Å². The van der Waals surface area contributed by atoms with Crippen molar-refractivity contribution in [1.82, 2.24) is 29.1 Å². The maximum atomic E-state index is 13.6. The van der Waals surface area contributed by atoms with Gasteiger partial charge in [0.05, 0.1) is 49.0 Å². The van der Waals surface area contributed by atoms with Gasteiger partial charge in [0.2, 0.25) is 30.1 Å². The van der Waals surface area contributed by atoms with E-state index >= 15 is 0 Å². The first-order chi connectivity index (χ1) is 53.9. The highest BCUT2D eigenvalue weighted by atomic mass is 32.2. The number of anilines is 9. The predicted octanol–water partition coefficient (Wildman–Crippen LogP) is 12.7. The summed E-state index contributed by atoms with van der Waals surface area (Å²) in [6.07, 6.45) is 13.1. The standard InChI is InChI=1S/C28H37N5O5S.C27H39N5O4S.C18H23N3O4.C10H16N2O2S/c1-26(2,3)31-39(36,37)20-8-6-7-19(17-20)29-24(34)21-9-10-22(33-25(35)38-18-27(33,4)5)30-23(21)32-15-13-28(11-12-28)14-16-32;1-25(2,3)31-37(35,36)20-8-6-7-19(17-20)28-24(34)21-9-10-22(30-26(4,5)18-33)29-23(21)32-15-13-27(11-12-27)14-16-32;1-17(2)11-25-16(24)21(17)13-4-3-12(15(22)23)14(19-13)20-9-7-18(5-6-18)8-10-20;1-10(2,3)12-15(13,14)9-6-4-5-8(11)7-9/h6-10,17,31H,11-16,18H2,1-5H3,(H,29,34);6-10,17,31,33H,11-16,18H2,1-5H3,(H,28,34)(H,29,30);3-4H,5-11H2,1-2H3,(H,22,23);4-7,12H,11H2,1-3H3. The van der Waals surface area contributed by atoms with Crippen LogP contribution in [0, 0.1) is 16.2 Å². The van der Waals surface area contributed by atoms with Crippen molar-refractivity contribution < 1.29 is 68.9 Å². The third kappa shape index (κ3) is 21.9. The molecular weight excluding hydrogens is 1540 g/mol. The molecule has 3 aliphatic carbocycles. The highest BCUT2D eigenvalue weighted by Gasteiger charge is 2.49. The van der Waals surface area contributed by atoms with Crippen LogP contribution in [0.2, 0.25) is 0 Å². The van der Waals surface area contributed by atoms with Gasteiger partial charge in [0, 0.05) is 72.9 Å². The van der Waals surface area contributed by atoms with Gasteiger partial charge in [0.1, 0.15) is 53.7 Å². The molecule has 116 heavy (non-hydrogen) atoms. The zero-order chi connectivity index (χ0) is 84.8. The molecule has 14 rings (SSSR count). The van der Waals surface area contributed by atoms with E-state index in [0.29, 0.717) is 79.3 Å². The number of nitrogen functional groups attached to an aromatic ring is 1. The Labute approximate surface area is 682 Å². The number of hydrogen-bond donors (Lipinski definition) is 9. The zero-order valence-corrected chi connectivity index (χ0v) is 71.8. The van der Waals surface area contributed by atoms with Crippen LogP contribution in [0.25, 0.3) is 0 Å². The summed E-state index contributed by atoms with van der Waals surface area (Å²) in [5.74, 6) is 1.25. The number of aliphatic hydroxyl groups excluding tert-OH is 1. The van der Waals surface area contributed by atoms with Gasteiger partial charge in [0.15, 0.2) is 0 Å². The van der Waals surface area contributed by atoms with E-state index in [4.69, 9.17) is 25.2 Å². The first kappa shape index (κ1) is 87.6. The van der Waals surface area contributed by atoms with Crippen LogP contribution in [-0.2, 0) is 39.5 Å². The topological polar surface area (TPSA) is 400 Å². The van der Waals surface area contributed by atoms with Crippen LogP contribution in [0.5, 0.6) is 0 Å². The van der Waals surface area contributed by atoms with Crippen molar-refractivity contribution in [2.24, 2.45) is 16.2 Å². The number of amides is 4. The van der Waals surface area contributed by atoms with E-state index in [9.17, 15) is 59.4 Å². The van der Waals surface area contributed by atoms with Crippen molar-refractivity contribution in [3.8, 4) is 0 Å². The van der Waals surface area contributed by atoms with E-state index in [-0.39, 0.29) is 46.0 Å². The van der Waals surface area contributed by atoms with Crippen LogP contribution in [0.15, 0.2) is 124 Å². The summed E-state index contributed by atoms with van der Waals surface area (Å²) in [6.45, 7) is 32.7. The number of nitrogens with two attached hydrogens (primary N) is 1. The molecule has 0 unspecified atom stereocenters. The van der Waals surface area contributed by atoms with E-state index in [2.05, 4.69) is 44.9 Å². The largest absolute Gasteiger partial charge is 0.478 e. The smallest absolute Gasteiger partial charge is 0.416 e. The van der Waals surface area contributed by atoms with Crippen molar-refractivity contribution >= 4 is 112 Å². The minimum Gasteiger partial charge on any atom is -0.478 e. The molecule has 8 aliphatic rings. The molecule has 30 nitrogen and oxygen atoms in total. The molecule has 6 aromatic rings. The first-order valence-corrected chi connectivity index (χ1v) is 44.0. The molecule has 10 N–H and O–H groups in total. The third-order valence-electron chi connectivity index (χ3n) is 21.8. The number of aromatic nitrogens is 3. The summed E-state index contributed by atoms with van der Waals surface area (Å²) in [7, 11) is -11.0. The maximum absolute atomic E-state index is 13.6. The van der Waals surface area contributed by atoms with Gasteiger partial charge in [-0.3, -0.25) is 19.4 Å². The lowest BCUT2D eigenvalue weighted by Crippen LogP contribution is -2.43. The SMILES string of the molecule is CC(C)(C)NS(=O)(=O)c1cccc(N)c1.CC(C)(C)NS(=O)(=O)c1cccc(NC(=O)c2ccc(N3C(=O)OCC3(C)C)nc2N2CCC3(CC2)CC3)c1.CC(C)(C)NS(=O)(=O)c1cccc(NC(=O)c2ccc(NC(C)(C)CO)nc2N2CCC3(CC2)CC3)c1.CC1(C)COC(=O)N1c1ccc(C(=O)O)c(N2CCC3(CC2)CC3)n1. The summed E-state index contributed by atoms with van der Waals surface area (Å²) in [6, 6.07) is 28.6. The van der Waals surface area contributed by atoms with Gasteiger partial charge in [-0.05, 0) is 288 Å². The maximum Gasteiger partial charge on any atom is 0.416 e. The number of nitrogens with zero attached hydrogens (tertiary/aromatic N) is 8. The van der Waals surface area contributed by atoms with E-state index in [1.165, 1.54) is 84.7 Å². The second-order valence-electron chi connectivity index (χ2n) is 37.1. The molecule has 8 fully saturated rings. The third-order valence-corrected chi connectivity index (χ3v) is 27.1. The molecule has 0 atom stereocenters. The fourth-order valence-corrected chi connectivity index (χ4v) is 19.3. The van der Waals surface area contributed by atoms with E-state index in [0.717, 1.165) is 77.8 Å². The lowest BCUT2D eigenvalue weighted by atomic mass is 9.93. The van der Waals surface area contributed by atoms with Gasteiger partial charge in [0.25, 0.3) is 11.8 Å². The van der Waals surface area contributed by atoms with E-state index < -0.39 is 87.4 Å². The summed E-state index contributed by atoms with van der Waals surface area (Å²) in [5, 5.41) is 28.2. The summed E-state index contributed by atoms with van der Waals surface area (Å²) in [5.41, 5.74) is 5.64. The Bertz CT molecular complexity index is 5040. The predicted molar refractivity (Wildman–Crippen MR) is 449 cm³/mol. The van der Waals surface area contributed by atoms with Gasteiger partial charge in [-0.15, -0.1) is 0 Å². The number of carboxylic acid groups (broad SMARTS) is 1. The fraction of sp³-hybridized carbons (Fsp3) is 0.542. The quantitative estimate of drug-likeness (QED) is 0.0340. The Balaban J connectivity index is 0.000000160. The second-order valence-corrected chi connectivity index (χ2v) is 42.1. The van der Waals surface area contributed by atoms with Crippen molar-refractivity contribution in [2.75, 3.05) is 105 Å². The summed E-state index contributed by atoms with van der Waals surface area (Å²) in [4.78, 5) is 87.3. The number of rotatable bonds is 19. The summed E-state index contributed by atoms with van der Waals surface area (Å²) < 4.78 is 93.2. The zero-order valence-electron chi connectivity index (χ0n) is 69.3. The van der Waals surface area contributed by atoms with Gasteiger partial charge < -0.3 is 56.1 Å². The normalized spacial score (nSPS) is 19.1. The van der Waals surface area contributed by atoms with Crippen LogP contribution < -0.4 is 60.3 Å². The van der Waals surface area contributed by atoms with Crippen molar-refractivity contribution in [3.05, 3.63) is 126 Å². The van der Waals surface area contributed by atoms with Gasteiger partial charge in [-0.2, -0.15) is 0 Å². The Morgan fingerprint density at radius 3 is 1.10 bits per heavy atom. The molecule has 630 valence electrons. The number of cyclic esters (lactones) is 2. The number of piperidine rings is 3. The van der Waals surface area contributed by atoms with Crippen LogP contribution in [0.4, 0.5) is 61.6 Å². The Hall–Kier alpha value is -9.25. The average molecular weight is 1660 g/mol. The number of pyridine rings is 3. The number of benzene rings is 3. The Morgan fingerprint density at radius 1 is 0.457 bits per heavy atom. The molecule has 5 aliphatic heterocycles. The average Bonchev–Trinajstić information content (AvgIpc) is 1.55. The number of carbonyl (C=O) groups excluding carboxylic acids is 4. The van der Waals surface area contributed by atoms with Crippen molar-refractivity contribution in [2.45, 2.75) is 229 Å². The van der Waals surface area contributed by atoms with Crippen LogP contribution in [0.1, 0.15) is 212 Å². The highest BCUT2D eigenvalue weighted by molar-refractivity contribution is 7.90. The van der Waals surface area contributed by atoms with Gasteiger partial charge in [-0.1, -0.05) is 18.2 Å². The minimum absolute atomic E-state index is 0.0597. The number of aromatic carboxylic acids is 1. The van der Waals surface area contributed by atoms with Crippen LogP contribution in [0.3, 0.4) is 0 Å². The molecular formula is C83H115N15O15S3. The molecule has 4 amide bonds. The lowest BCUT2D eigenvalue weighted by Gasteiger charge is -2.35. The minimum atomic E-state index is -3.77. The molecule has 3 spiro atoms. The number of ether oxygens (including phenoxy) is 2. The number of aliphatic hydroxyl groups is 1. The van der Waals surface area contributed by atoms with Crippen molar-refractivity contribution in [1.29, 1.82) is 0 Å². The Morgan fingerprint density at radius 2 is 0.784 bits per heavy atom. The van der Waals surface area contributed by atoms with Gasteiger partial charge >= 0.3 is 18.2 Å². The molecule has 8 heterocycles. The number of carboxylic acids is 1. The van der Waals surface area contributed by atoms with Crippen LogP contribution >= 0.6 is 0 Å². The molecule has 33 heteroatoms. The lowest BCUT2D eigenvalue weighted by molar-refractivity contribution is 0.0696. The number of nitrogens with one attached hydrogen (secondary N) is 6. The molecule has 0 radical (unpaired) electrons. The molecule has 0 bridgehead atoms. The summed E-state index contributed by atoms with van der Waals surface area (Å²) >= 11 is 0. The fourth-order valence-electron chi connectivity index (χ4n) is 14.9. The first-order valence-electron chi connectivity index (χ1n) is 39.6. The number of carbonyl (C=O) groups is 5.